The molecule has 0 unspecified atom stereocenters. The van der Waals surface area contributed by atoms with Gasteiger partial charge in [0.1, 0.15) is 6.20 Å². The molecule has 0 atom stereocenters. The number of halogens is 3. The Kier molecular flexibility index (Phi) is 9.45. The first-order valence-corrected chi connectivity index (χ1v) is 13.4. The first-order valence-electron chi connectivity index (χ1n) is 11.3. The summed E-state index contributed by atoms with van der Waals surface area (Å²) in [5, 5.41) is 0. The van der Waals surface area contributed by atoms with Gasteiger partial charge in [-0.25, -0.2) is 4.99 Å². The molecule has 174 valence electrons. The normalized spacial score (nSPS) is 14.8. The molecule has 1 aliphatic heterocycles. The van der Waals surface area contributed by atoms with Crippen molar-refractivity contribution in [3.63, 3.8) is 0 Å². The van der Waals surface area contributed by atoms with Crippen LogP contribution in [-0.4, -0.2) is 6.34 Å². The molecule has 0 fully saturated rings. The van der Waals surface area contributed by atoms with Gasteiger partial charge in [-0.2, -0.15) is 4.48 Å². The zero-order chi connectivity index (χ0) is 23.1. The van der Waals surface area contributed by atoms with Gasteiger partial charge in [0.2, 0.25) is 6.34 Å². The highest BCUT2D eigenvalue weighted by molar-refractivity contribution is 14.1. The van der Waals surface area contributed by atoms with E-state index in [1.165, 1.54) is 40.8 Å². The maximum Gasteiger partial charge on any atom is 0.205 e. The topological polar surface area (TPSA) is 12.4 Å². The third-order valence-electron chi connectivity index (χ3n) is 6.13. The van der Waals surface area contributed by atoms with Crippen LogP contribution in [0.5, 0.6) is 0 Å². The molecule has 32 heavy (non-hydrogen) atoms. The summed E-state index contributed by atoms with van der Waals surface area (Å²) < 4.78 is 3.20. The van der Waals surface area contributed by atoms with Crippen LogP contribution in [0.3, 0.4) is 0 Å². The molecular formula is C27H35ClI2N2. The van der Waals surface area contributed by atoms with Gasteiger partial charge in [-0.1, -0.05) is 55.4 Å². The number of hydrogen-bond acceptors (Lipinski definition) is 1. The van der Waals surface area contributed by atoms with Crippen LogP contribution < -0.4 is 16.9 Å². The zero-order valence-electron chi connectivity index (χ0n) is 20.4. The van der Waals surface area contributed by atoms with Gasteiger partial charge in [-0.05, 0) is 93.1 Å². The summed E-state index contributed by atoms with van der Waals surface area (Å²) in [6.07, 6.45) is 6.43. The SMILES string of the molecule is CC(C)c1cc(I)cc(C(C)C)c1[N+]1(c2c(C(C)C)cc(I)cc2C(C)C)C=CN=C1.[Cl-]. The molecule has 0 aromatic heterocycles. The zero-order valence-corrected chi connectivity index (χ0v) is 25.5. The predicted molar refractivity (Wildman–Crippen MR) is 154 cm³/mol. The number of rotatable bonds is 6. The molecule has 2 nitrogen and oxygen atoms in total. The fourth-order valence-corrected chi connectivity index (χ4v) is 5.94. The number of nitrogens with zero attached hydrogens (tertiary/aromatic N) is 2. The lowest BCUT2D eigenvalue weighted by atomic mass is 9.87. The summed E-state index contributed by atoms with van der Waals surface area (Å²) >= 11 is 4.95. The quantitative estimate of drug-likeness (QED) is 0.244. The van der Waals surface area contributed by atoms with E-state index in [0.717, 1.165) is 0 Å². The van der Waals surface area contributed by atoms with Crippen LogP contribution in [-0.2, 0) is 0 Å². The fraction of sp³-hybridized carbons (Fsp3) is 0.444. The summed E-state index contributed by atoms with van der Waals surface area (Å²) in [5.74, 6) is 1.70. The van der Waals surface area contributed by atoms with Crippen molar-refractivity contribution in [3.8, 4) is 0 Å². The molecule has 0 bridgehead atoms. The van der Waals surface area contributed by atoms with Crippen molar-refractivity contribution in [3.05, 3.63) is 66.1 Å². The third-order valence-corrected chi connectivity index (χ3v) is 7.38. The maximum absolute atomic E-state index is 4.70. The molecule has 2 aromatic carbocycles. The van der Waals surface area contributed by atoms with Gasteiger partial charge < -0.3 is 12.4 Å². The average Bonchev–Trinajstić information content (AvgIpc) is 3.16. The minimum Gasteiger partial charge on any atom is -1.00 e. The lowest BCUT2D eigenvalue weighted by molar-refractivity contribution is -0.00000653. The number of aliphatic imine (C=N–C) groups is 1. The van der Waals surface area contributed by atoms with Crippen LogP contribution >= 0.6 is 45.2 Å². The Morgan fingerprint density at radius 3 is 1.16 bits per heavy atom. The van der Waals surface area contributed by atoms with E-state index in [-0.39, 0.29) is 12.4 Å². The highest BCUT2D eigenvalue weighted by Gasteiger charge is 2.42. The molecule has 1 heterocycles. The van der Waals surface area contributed by atoms with Crippen molar-refractivity contribution in [1.29, 1.82) is 0 Å². The predicted octanol–water partition coefficient (Wildman–Crippen LogP) is 6.55. The molecule has 0 spiro atoms. The van der Waals surface area contributed by atoms with Gasteiger partial charge >= 0.3 is 0 Å². The smallest absolute Gasteiger partial charge is 0.205 e. The van der Waals surface area contributed by atoms with E-state index in [9.17, 15) is 0 Å². The Bertz CT molecular complexity index is 894. The molecule has 1 aliphatic rings. The molecule has 3 rings (SSSR count). The third kappa shape index (κ3) is 5.13. The lowest BCUT2D eigenvalue weighted by Gasteiger charge is -2.36. The van der Waals surface area contributed by atoms with Gasteiger partial charge in [0.15, 0.2) is 11.4 Å². The average molecular weight is 677 g/mol. The minimum absolute atomic E-state index is 0. The second-order valence-corrected chi connectivity index (χ2v) is 12.3. The van der Waals surface area contributed by atoms with Crippen LogP contribution in [0, 0.1) is 7.14 Å². The second-order valence-electron chi connectivity index (χ2n) is 9.82. The van der Waals surface area contributed by atoms with E-state index < -0.39 is 0 Å². The van der Waals surface area contributed by atoms with Gasteiger partial charge in [0.25, 0.3) is 0 Å². The van der Waals surface area contributed by atoms with Crippen molar-refractivity contribution in [2.75, 3.05) is 0 Å². The van der Waals surface area contributed by atoms with Crippen molar-refractivity contribution >= 4 is 62.9 Å². The monoisotopic (exact) mass is 676 g/mol. The lowest BCUT2D eigenvalue weighted by Crippen LogP contribution is -3.00. The van der Waals surface area contributed by atoms with Gasteiger partial charge in [-0.3, -0.25) is 0 Å². The van der Waals surface area contributed by atoms with Gasteiger partial charge in [0, 0.05) is 29.4 Å². The van der Waals surface area contributed by atoms with E-state index >= 15 is 0 Å². The highest BCUT2D eigenvalue weighted by Crippen LogP contribution is 2.51. The van der Waals surface area contributed by atoms with Gasteiger partial charge in [-0.15, -0.1) is 0 Å². The summed E-state index contributed by atoms with van der Waals surface area (Å²) in [7, 11) is 0. The van der Waals surface area contributed by atoms with Crippen LogP contribution in [0.2, 0.25) is 0 Å². The second kappa shape index (κ2) is 10.9. The molecule has 0 saturated carbocycles. The summed E-state index contributed by atoms with van der Waals surface area (Å²) in [5.41, 5.74) is 8.42. The summed E-state index contributed by atoms with van der Waals surface area (Å²) in [4.78, 5) is 4.70. The standard InChI is InChI=1S/C27H35I2N2.ClH/c1-16(2)22-11-20(28)12-23(17(3)4)26(22)31(10-9-30-15-31)27-24(18(5)6)13-21(29)14-25(27)19(7)8;/h9-19H,1-8H3;1H/q+1;/p-1. The number of quaternary nitrogens is 1. The van der Waals surface area contributed by atoms with Crippen LogP contribution in [0.15, 0.2) is 41.7 Å². The van der Waals surface area contributed by atoms with E-state index in [0.29, 0.717) is 28.2 Å². The molecule has 0 radical (unpaired) electrons. The molecular weight excluding hydrogens is 642 g/mol. The van der Waals surface area contributed by atoms with Crippen LogP contribution in [0.4, 0.5) is 11.4 Å². The summed E-state index contributed by atoms with van der Waals surface area (Å²) in [6.45, 7) is 18.5. The fourth-order valence-electron chi connectivity index (χ4n) is 4.60. The van der Waals surface area contributed by atoms with Crippen molar-refractivity contribution < 1.29 is 12.4 Å². The Hall–Kier alpha value is -0.440. The largest absolute Gasteiger partial charge is 1.00 e. The minimum atomic E-state index is 0. The van der Waals surface area contributed by atoms with Crippen LogP contribution in [0.1, 0.15) is 101 Å². The van der Waals surface area contributed by atoms with Crippen molar-refractivity contribution in [2.24, 2.45) is 4.99 Å². The first-order chi connectivity index (χ1) is 14.5. The van der Waals surface area contributed by atoms with Crippen LogP contribution in [0.25, 0.3) is 0 Å². The Morgan fingerprint density at radius 2 is 0.938 bits per heavy atom. The van der Waals surface area contributed by atoms with Crippen molar-refractivity contribution in [2.45, 2.75) is 79.1 Å². The number of hydrogen-bond donors (Lipinski definition) is 0. The Morgan fingerprint density at radius 1 is 0.625 bits per heavy atom. The Balaban J connectivity index is 0.00000363. The highest BCUT2D eigenvalue weighted by atomic mass is 127. The molecule has 0 aliphatic carbocycles. The number of benzene rings is 2. The van der Waals surface area contributed by atoms with E-state index in [1.807, 2.05) is 6.20 Å². The molecule has 5 heteroatoms. The van der Waals surface area contributed by atoms with Crippen molar-refractivity contribution in [1.82, 2.24) is 4.48 Å². The first kappa shape index (κ1) is 27.8. The molecule has 0 saturated heterocycles. The molecule has 0 N–H and O–H groups in total. The van der Waals surface area contributed by atoms with Gasteiger partial charge in [0.05, 0.1) is 6.20 Å². The van der Waals surface area contributed by atoms with E-state index in [4.69, 9.17) is 4.99 Å². The molecule has 0 amide bonds. The van der Waals surface area contributed by atoms with E-state index in [1.54, 1.807) is 0 Å². The summed E-state index contributed by atoms with van der Waals surface area (Å²) in [6, 6.07) is 9.51. The Labute approximate surface area is 228 Å². The molecule has 2 aromatic rings. The maximum atomic E-state index is 4.70. The van der Waals surface area contributed by atoms with E-state index in [2.05, 4.69) is 137 Å².